The summed E-state index contributed by atoms with van der Waals surface area (Å²) in [6, 6.07) is 6.91. The molecule has 0 bridgehead atoms. The summed E-state index contributed by atoms with van der Waals surface area (Å²) in [6.07, 6.45) is 0.0761. The summed E-state index contributed by atoms with van der Waals surface area (Å²) in [5.41, 5.74) is 1.11. The molecule has 0 spiro atoms. The molecule has 1 atom stereocenters. The maximum atomic E-state index is 12.2. The van der Waals surface area contributed by atoms with E-state index in [4.69, 9.17) is 0 Å². The molecule has 0 aliphatic rings. The predicted molar refractivity (Wildman–Crippen MR) is 81.8 cm³/mol. The van der Waals surface area contributed by atoms with Crippen molar-refractivity contribution in [3.05, 3.63) is 29.8 Å². The van der Waals surface area contributed by atoms with Gasteiger partial charge in [0, 0.05) is 6.54 Å². The van der Waals surface area contributed by atoms with Crippen LogP contribution in [0.3, 0.4) is 0 Å². The second-order valence-corrected chi connectivity index (χ2v) is 7.40. The average molecular weight is 299 g/mol. The van der Waals surface area contributed by atoms with Gasteiger partial charge in [-0.15, -0.1) is 0 Å². The minimum absolute atomic E-state index is 0.245. The zero-order chi connectivity index (χ0) is 15.2. The van der Waals surface area contributed by atoms with Crippen LogP contribution in [0.5, 0.6) is 0 Å². The number of benzene rings is 1. The van der Waals surface area contributed by atoms with E-state index in [-0.39, 0.29) is 10.6 Å². The molecule has 0 aromatic heterocycles. The molecule has 114 valence electrons. The Hall–Kier alpha value is -0.910. The van der Waals surface area contributed by atoms with Gasteiger partial charge < -0.3 is 10.4 Å². The van der Waals surface area contributed by atoms with Crippen molar-refractivity contribution in [3.63, 3.8) is 0 Å². The van der Waals surface area contributed by atoms with E-state index >= 15 is 0 Å². The summed E-state index contributed by atoms with van der Waals surface area (Å²) in [7, 11) is -3.43. The molecule has 1 unspecified atom stereocenters. The van der Waals surface area contributed by atoms with Gasteiger partial charge in [0.2, 0.25) is 0 Å². The van der Waals surface area contributed by atoms with Gasteiger partial charge in [-0.3, -0.25) is 0 Å². The second kappa shape index (κ2) is 7.76. The molecule has 2 N–H and O–H groups in total. The van der Waals surface area contributed by atoms with Crippen LogP contribution in [0.15, 0.2) is 29.2 Å². The molecule has 1 aromatic rings. The Morgan fingerprint density at radius 3 is 2.30 bits per heavy atom. The molecule has 0 saturated heterocycles. The smallest absolute Gasteiger partial charge is 0.180 e. The van der Waals surface area contributed by atoms with E-state index in [1.807, 2.05) is 19.1 Å². The first-order valence-corrected chi connectivity index (χ1v) is 8.73. The molecular formula is C15H25NO3S. The molecule has 0 aliphatic carbocycles. The van der Waals surface area contributed by atoms with Gasteiger partial charge in [0.1, 0.15) is 0 Å². The van der Waals surface area contributed by atoms with Crippen molar-refractivity contribution in [1.29, 1.82) is 0 Å². The highest BCUT2D eigenvalue weighted by atomic mass is 32.2. The Labute approximate surface area is 122 Å². The summed E-state index contributed by atoms with van der Waals surface area (Å²) >= 11 is 0. The molecule has 0 radical (unpaired) electrons. The van der Waals surface area contributed by atoms with Crippen molar-refractivity contribution in [1.82, 2.24) is 5.32 Å². The summed E-state index contributed by atoms with van der Waals surface area (Å²) in [5, 5.41) is 12.8. The Morgan fingerprint density at radius 2 is 1.80 bits per heavy atom. The van der Waals surface area contributed by atoms with Crippen LogP contribution in [0.25, 0.3) is 0 Å². The standard InChI is InChI=1S/C15H25NO3S/c1-4-9-16-10-14(17)11-20(18,19)15-7-5-13(6-8-15)12(2)3/h5-8,12,14,16-17H,4,9-11H2,1-3H3. The van der Waals surface area contributed by atoms with Crippen molar-refractivity contribution in [2.24, 2.45) is 0 Å². The van der Waals surface area contributed by atoms with E-state index in [0.717, 1.165) is 18.5 Å². The zero-order valence-corrected chi connectivity index (χ0v) is 13.3. The first-order chi connectivity index (χ1) is 9.36. The number of sulfone groups is 1. The lowest BCUT2D eigenvalue weighted by Crippen LogP contribution is -2.32. The van der Waals surface area contributed by atoms with Crippen LogP contribution >= 0.6 is 0 Å². The molecule has 1 rings (SSSR count). The van der Waals surface area contributed by atoms with Gasteiger partial charge in [-0.2, -0.15) is 0 Å². The number of aliphatic hydroxyl groups excluding tert-OH is 1. The molecule has 0 fully saturated rings. The molecule has 1 aromatic carbocycles. The highest BCUT2D eigenvalue weighted by Crippen LogP contribution is 2.18. The van der Waals surface area contributed by atoms with Crippen molar-refractivity contribution in [2.75, 3.05) is 18.8 Å². The maximum Gasteiger partial charge on any atom is 0.180 e. The Balaban J connectivity index is 2.68. The normalized spacial score (nSPS) is 13.7. The summed E-state index contributed by atoms with van der Waals surface area (Å²) in [4.78, 5) is 0.274. The lowest BCUT2D eigenvalue weighted by molar-refractivity contribution is 0.194. The molecular weight excluding hydrogens is 274 g/mol. The van der Waals surface area contributed by atoms with E-state index in [0.29, 0.717) is 12.5 Å². The third-order valence-corrected chi connectivity index (χ3v) is 4.94. The van der Waals surface area contributed by atoms with Crippen LogP contribution in [-0.2, 0) is 9.84 Å². The summed E-state index contributed by atoms with van der Waals surface area (Å²) in [6.45, 7) is 7.23. The molecule has 0 heterocycles. The molecule has 5 heteroatoms. The Morgan fingerprint density at radius 1 is 1.20 bits per heavy atom. The van der Waals surface area contributed by atoms with Crippen molar-refractivity contribution in [2.45, 2.75) is 44.1 Å². The topological polar surface area (TPSA) is 66.4 Å². The first-order valence-electron chi connectivity index (χ1n) is 7.08. The van der Waals surface area contributed by atoms with Gasteiger partial charge in [0.15, 0.2) is 9.84 Å². The number of hydrogen-bond acceptors (Lipinski definition) is 4. The maximum absolute atomic E-state index is 12.2. The van der Waals surface area contributed by atoms with E-state index < -0.39 is 15.9 Å². The van der Waals surface area contributed by atoms with Gasteiger partial charge >= 0.3 is 0 Å². The summed E-state index contributed by atoms with van der Waals surface area (Å²) in [5.74, 6) is 0.126. The number of rotatable bonds is 8. The van der Waals surface area contributed by atoms with E-state index in [9.17, 15) is 13.5 Å². The number of hydrogen-bond donors (Lipinski definition) is 2. The van der Waals surface area contributed by atoms with E-state index in [1.54, 1.807) is 12.1 Å². The summed E-state index contributed by atoms with van der Waals surface area (Å²) < 4.78 is 24.3. The van der Waals surface area contributed by atoms with E-state index in [2.05, 4.69) is 19.2 Å². The molecule has 0 aliphatic heterocycles. The third-order valence-electron chi connectivity index (χ3n) is 3.12. The largest absolute Gasteiger partial charge is 0.391 e. The highest BCUT2D eigenvalue weighted by Gasteiger charge is 2.19. The monoisotopic (exact) mass is 299 g/mol. The molecule has 20 heavy (non-hydrogen) atoms. The van der Waals surface area contributed by atoms with Gasteiger partial charge in [0.05, 0.1) is 16.8 Å². The first kappa shape index (κ1) is 17.1. The van der Waals surface area contributed by atoms with E-state index in [1.165, 1.54) is 0 Å². The third kappa shape index (κ3) is 5.23. The molecule has 0 saturated carbocycles. The Bertz CT molecular complexity index is 494. The van der Waals surface area contributed by atoms with Gasteiger partial charge in [-0.1, -0.05) is 32.9 Å². The van der Waals surface area contributed by atoms with Crippen molar-refractivity contribution < 1.29 is 13.5 Å². The Kier molecular flexibility index (Phi) is 6.65. The zero-order valence-electron chi connectivity index (χ0n) is 12.5. The van der Waals surface area contributed by atoms with Gasteiger partial charge in [-0.05, 0) is 36.6 Å². The van der Waals surface area contributed by atoms with Crippen LogP contribution in [0.1, 0.15) is 38.7 Å². The minimum atomic E-state index is -3.43. The highest BCUT2D eigenvalue weighted by molar-refractivity contribution is 7.91. The number of nitrogens with one attached hydrogen (secondary N) is 1. The predicted octanol–water partition coefficient (Wildman–Crippen LogP) is 1.94. The fraction of sp³-hybridized carbons (Fsp3) is 0.600. The molecule has 0 amide bonds. The molecule has 4 nitrogen and oxygen atoms in total. The fourth-order valence-corrected chi connectivity index (χ4v) is 3.28. The van der Waals surface area contributed by atoms with Gasteiger partial charge in [0.25, 0.3) is 0 Å². The van der Waals surface area contributed by atoms with Crippen molar-refractivity contribution in [3.8, 4) is 0 Å². The lowest BCUT2D eigenvalue weighted by Gasteiger charge is -2.13. The second-order valence-electron chi connectivity index (χ2n) is 5.36. The van der Waals surface area contributed by atoms with Gasteiger partial charge in [-0.25, -0.2) is 8.42 Å². The van der Waals surface area contributed by atoms with Crippen LogP contribution in [-0.4, -0.2) is 38.5 Å². The minimum Gasteiger partial charge on any atom is -0.391 e. The van der Waals surface area contributed by atoms with Crippen LogP contribution in [0, 0.1) is 0 Å². The number of aliphatic hydroxyl groups is 1. The lowest BCUT2D eigenvalue weighted by atomic mass is 10.0. The fourth-order valence-electron chi connectivity index (χ4n) is 1.91. The van der Waals surface area contributed by atoms with Crippen LogP contribution < -0.4 is 5.32 Å². The average Bonchev–Trinajstić information content (AvgIpc) is 2.38. The van der Waals surface area contributed by atoms with Crippen LogP contribution in [0.4, 0.5) is 0 Å². The van der Waals surface area contributed by atoms with Crippen molar-refractivity contribution >= 4 is 9.84 Å². The van der Waals surface area contributed by atoms with Crippen LogP contribution in [0.2, 0.25) is 0 Å². The SMILES string of the molecule is CCCNCC(O)CS(=O)(=O)c1ccc(C(C)C)cc1. The quantitative estimate of drug-likeness (QED) is 0.720.